The zero-order valence-electron chi connectivity index (χ0n) is 9.09. The lowest BCUT2D eigenvalue weighted by molar-refractivity contribution is -0.671. The Labute approximate surface area is 90.4 Å². The van der Waals surface area contributed by atoms with Gasteiger partial charge in [-0.05, 0) is 6.42 Å². The summed E-state index contributed by atoms with van der Waals surface area (Å²) >= 11 is 0. The molecule has 0 radical (unpaired) electrons. The molecule has 1 heterocycles. The molecule has 0 unspecified atom stereocenters. The van der Waals surface area contributed by atoms with Gasteiger partial charge in [-0.2, -0.15) is 8.42 Å². The van der Waals surface area contributed by atoms with Gasteiger partial charge in [-0.25, -0.2) is 13.3 Å². The molecular weight excluding hydrogens is 216 g/mol. The quantitative estimate of drug-likeness (QED) is 0.528. The Morgan fingerprint density at radius 1 is 1.47 bits per heavy atom. The van der Waals surface area contributed by atoms with E-state index < -0.39 is 10.1 Å². The van der Waals surface area contributed by atoms with Gasteiger partial charge in [0, 0.05) is 0 Å². The number of nitrogens with zero attached hydrogens (tertiary/aromatic N) is 2. The van der Waals surface area contributed by atoms with Gasteiger partial charge in [-0.15, -0.1) is 0 Å². The van der Waals surface area contributed by atoms with Gasteiger partial charge in [0.05, 0.1) is 12.8 Å². The van der Waals surface area contributed by atoms with Crippen LogP contribution in [0.5, 0.6) is 0 Å². The Morgan fingerprint density at radius 3 is 2.73 bits per heavy atom. The molecule has 86 valence electrons. The SMILES string of the molecule is CCCCS(=O)(=O)OCn1cc[n+](C)c1. The molecule has 1 rings (SSSR count). The maximum Gasteiger partial charge on any atom is 0.270 e. The fraction of sp³-hybridized carbons (Fsp3) is 0.667. The molecule has 0 aromatic carbocycles. The van der Waals surface area contributed by atoms with Gasteiger partial charge >= 0.3 is 0 Å². The lowest BCUT2D eigenvalue weighted by Gasteiger charge is -2.01. The van der Waals surface area contributed by atoms with Crippen LogP contribution in [-0.2, 0) is 28.1 Å². The van der Waals surface area contributed by atoms with E-state index in [1.165, 1.54) is 0 Å². The van der Waals surface area contributed by atoms with Crippen molar-refractivity contribution in [1.29, 1.82) is 0 Å². The van der Waals surface area contributed by atoms with Crippen molar-refractivity contribution in [2.75, 3.05) is 5.75 Å². The largest absolute Gasteiger partial charge is 0.270 e. The first-order valence-electron chi connectivity index (χ1n) is 4.91. The van der Waals surface area contributed by atoms with Gasteiger partial charge < -0.3 is 0 Å². The maximum atomic E-state index is 11.3. The van der Waals surface area contributed by atoms with Crippen molar-refractivity contribution in [2.24, 2.45) is 7.05 Å². The Hall–Kier alpha value is -0.880. The van der Waals surface area contributed by atoms with Crippen molar-refractivity contribution < 1.29 is 17.2 Å². The van der Waals surface area contributed by atoms with Gasteiger partial charge in [0.1, 0.15) is 12.4 Å². The molecule has 0 bridgehead atoms. The lowest BCUT2D eigenvalue weighted by atomic mass is 10.4. The van der Waals surface area contributed by atoms with Gasteiger partial charge in [0.15, 0.2) is 0 Å². The van der Waals surface area contributed by atoms with E-state index >= 15 is 0 Å². The van der Waals surface area contributed by atoms with Crippen LogP contribution in [0.4, 0.5) is 0 Å². The van der Waals surface area contributed by atoms with Crippen LogP contribution in [0, 0.1) is 0 Å². The molecule has 0 saturated carbocycles. The van der Waals surface area contributed by atoms with Crippen LogP contribution < -0.4 is 4.57 Å². The predicted molar refractivity (Wildman–Crippen MR) is 55.4 cm³/mol. The first kappa shape index (κ1) is 12.2. The third-order valence-electron chi connectivity index (χ3n) is 1.95. The molecule has 1 aromatic rings. The van der Waals surface area contributed by atoms with Crippen LogP contribution >= 0.6 is 0 Å². The molecule has 1 aromatic heterocycles. The molecular formula is C9H17N2O3S+. The zero-order valence-corrected chi connectivity index (χ0v) is 9.90. The third kappa shape index (κ3) is 4.44. The highest BCUT2D eigenvalue weighted by molar-refractivity contribution is 7.86. The van der Waals surface area contributed by atoms with E-state index in [0.29, 0.717) is 6.42 Å². The van der Waals surface area contributed by atoms with E-state index in [1.54, 1.807) is 17.1 Å². The molecule has 15 heavy (non-hydrogen) atoms. The Morgan fingerprint density at radius 2 is 2.20 bits per heavy atom. The molecule has 0 fully saturated rings. The molecule has 5 nitrogen and oxygen atoms in total. The van der Waals surface area contributed by atoms with Crippen LogP contribution in [0.15, 0.2) is 18.7 Å². The number of hydrogen-bond acceptors (Lipinski definition) is 3. The summed E-state index contributed by atoms with van der Waals surface area (Å²) in [5, 5.41) is 0. The number of aromatic nitrogens is 2. The summed E-state index contributed by atoms with van der Waals surface area (Å²) in [6.07, 6.45) is 6.83. The summed E-state index contributed by atoms with van der Waals surface area (Å²) in [5.74, 6) is 0.0941. The van der Waals surface area contributed by atoms with Crippen molar-refractivity contribution >= 4 is 10.1 Å². The highest BCUT2D eigenvalue weighted by atomic mass is 32.2. The molecule has 0 spiro atoms. The average Bonchev–Trinajstić information content (AvgIpc) is 2.59. The molecule has 0 amide bonds. The van der Waals surface area contributed by atoms with E-state index in [-0.39, 0.29) is 12.5 Å². The van der Waals surface area contributed by atoms with E-state index in [0.717, 1.165) is 6.42 Å². The minimum Gasteiger partial charge on any atom is -0.239 e. The second-order valence-corrected chi connectivity index (χ2v) is 5.21. The summed E-state index contributed by atoms with van der Waals surface area (Å²) < 4.78 is 31.0. The number of unbranched alkanes of at least 4 members (excludes halogenated alkanes) is 1. The fourth-order valence-electron chi connectivity index (χ4n) is 1.10. The minimum absolute atomic E-state index is 0.0485. The van der Waals surface area contributed by atoms with Crippen molar-refractivity contribution in [1.82, 2.24) is 4.57 Å². The van der Waals surface area contributed by atoms with Gasteiger partial charge in [-0.3, -0.25) is 0 Å². The fourth-order valence-corrected chi connectivity index (χ4v) is 2.14. The molecule has 0 saturated heterocycles. The van der Waals surface area contributed by atoms with Gasteiger partial charge in [0.25, 0.3) is 10.1 Å². The summed E-state index contributed by atoms with van der Waals surface area (Å²) in [6, 6.07) is 0. The molecule has 0 aliphatic heterocycles. The second-order valence-electron chi connectivity index (χ2n) is 3.46. The second kappa shape index (κ2) is 5.27. The number of rotatable bonds is 6. The zero-order chi connectivity index (χ0) is 11.3. The first-order valence-corrected chi connectivity index (χ1v) is 6.49. The van der Waals surface area contributed by atoms with Crippen LogP contribution in [0.25, 0.3) is 0 Å². The van der Waals surface area contributed by atoms with Crippen molar-refractivity contribution in [2.45, 2.75) is 26.5 Å². The third-order valence-corrected chi connectivity index (χ3v) is 3.21. The van der Waals surface area contributed by atoms with E-state index in [9.17, 15) is 8.42 Å². The summed E-state index contributed by atoms with van der Waals surface area (Å²) in [7, 11) is -1.50. The molecule has 0 N–H and O–H groups in total. The standard InChI is InChI=1S/C9H17N2O3S/c1-3-4-7-15(12,13)14-9-11-6-5-10(2)8-11/h5-6,8H,3-4,7,9H2,1-2H3/q+1. The number of hydrogen-bond donors (Lipinski definition) is 0. The molecule has 0 aliphatic rings. The number of aryl methyl sites for hydroxylation is 1. The van der Waals surface area contributed by atoms with Gasteiger partial charge in [0.2, 0.25) is 13.1 Å². The highest BCUT2D eigenvalue weighted by Crippen LogP contribution is 2.00. The lowest BCUT2D eigenvalue weighted by Crippen LogP contribution is -2.24. The van der Waals surface area contributed by atoms with E-state index in [2.05, 4.69) is 0 Å². The molecule has 0 atom stereocenters. The normalized spacial score (nSPS) is 11.9. The topological polar surface area (TPSA) is 52.2 Å². The summed E-state index contributed by atoms with van der Waals surface area (Å²) in [4.78, 5) is 0. The smallest absolute Gasteiger partial charge is 0.239 e. The highest BCUT2D eigenvalue weighted by Gasteiger charge is 2.12. The van der Waals surface area contributed by atoms with E-state index in [4.69, 9.17) is 4.18 Å². The van der Waals surface area contributed by atoms with Gasteiger partial charge in [-0.1, -0.05) is 13.3 Å². The van der Waals surface area contributed by atoms with Crippen LogP contribution in [0.3, 0.4) is 0 Å². The summed E-state index contributed by atoms with van der Waals surface area (Å²) in [5.41, 5.74) is 0. The minimum atomic E-state index is -3.36. The Kier molecular flexibility index (Phi) is 4.28. The molecule has 0 aliphatic carbocycles. The van der Waals surface area contributed by atoms with Crippen molar-refractivity contribution in [3.05, 3.63) is 18.7 Å². The van der Waals surface area contributed by atoms with E-state index in [1.807, 2.05) is 24.7 Å². The van der Waals surface area contributed by atoms with Crippen LogP contribution in [0.1, 0.15) is 19.8 Å². The Balaban J connectivity index is 2.42. The maximum absolute atomic E-state index is 11.3. The summed E-state index contributed by atoms with van der Waals surface area (Å²) in [6.45, 7) is 1.99. The predicted octanol–water partition coefficient (Wildman–Crippen LogP) is 0.417. The van der Waals surface area contributed by atoms with Crippen LogP contribution in [0.2, 0.25) is 0 Å². The van der Waals surface area contributed by atoms with Crippen molar-refractivity contribution in [3.63, 3.8) is 0 Å². The monoisotopic (exact) mass is 233 g/mol. The number of imidazole rings is 1. The van der Waals surface area contributed by atoms with Crippen molar-refractivity contribution in [3.8, 4) is 0 Å². The Bertz CT molecular complexity index is 397. The molecule has 6 heteroatoms. The average molecular weight is 233 g/mol. The van der Waals surface area contributed by atoms with Crippen LogP contribution in [-0.4, -0.2) is 18.7 Å². The first-order chi connectivity index (χ1) is 7.03.